The maximum Gasteiger partial charge on any atom is 0.240 e. The van der Waals surface area contributed by atoms with Crippen LogP contribution in [0.4, 0.5) is 0 Å². The normalized spacial score (nSPS) is 12.2. The lowest BCUT2D eigenvalue weighted by Gasteiger charge is -2.35. The van der Waals surface area contributed by atoms with Crippen molar-refractivity contribution in [1.82, 2.24) is 5.32 Å². The van der Waals surface area contributed by atoms with E-state index in [9.17, 15) is 9.59 Å². The van der Waals surface area contributed by atoms with Gasteiger partial charge in [0, 0.05) is 0 Å². The average Bonchev–Trinajstić information content (AvgIpc) is 2.91. The Morgan fingerprint density at radius 3 is 1.49 bits per heavy atom. The highest BCUT2D eigenvalue weighted by Crippen LogP contribution is 2.39. The van der Waals surface area contributed by atoms with Crippen molar-refractivity contribution in [3.8, 4) is 0 Å². The summed E-state index contributed by atoms with van der Waals surface area (Å²) in [4.78, 5) is 26.7. The standard InChI is InChI=1S/C31H28N2O2/c32-29(34)28(23-13-16-24-14-5-1-6-15-24)33-30(35)31(25-17-7-2-8-18-25,26-19-9-3-10-20-26)27-21-11-4-12-22-27/h1-22,28H,23H2,(H2,32,34)(H,33,35)/b16-13+/t28-/m0/s1. The Morgan fingerprint density at radius 1 is 0.686 bits per heavy atom. The molecule has 4 aromatic carbocycles. The SMILES string of the molecule is NC(=O)[C@H](C/C=C/c1ccccc1)NC(=O)C(c1ccccc1)(c1ccccc1)c1ccccc1. The third-order valence-electron chi connectivity index (χ3n) is 6.09. The number of hydrogen-bond acceptors (Lipinski definition) is 2. The number of amides is 2. The number of rotatable bonds is 9. The molecule has 174 valence electrons. The van der Waals surface area contributed by atoms with Crippen LogP contribution < -0.4 is 11.1 Å². The molecule has 4 rings (SSSR count). The number of benzene rings is 4. The maximum atomic E-state index is 14.3. The molecule has 0 fully saturated rings. The molecule has 3 N–H and O–H groups in total. The van der Waals surface area contributed by atoms with Gasteiger partial charge in [0.05, 0.1) is 0 Å². The Kier molecular flexibility index (Phi) is 7.53. The molecule has 0 bridgehead atoms. The molecule has 2 amide bonds. The Labute approximate surface area is 206 Å². The van der Waals surface area contributed by atoms with Crippen LogP contribution in [0.3, 0.4) is 0 Å². The number of nitrogens with one attached hydrogen (secondary N) is 1. The Morgan fingerprint density at radius 2 is 1.09 bits per heavy atom. The molecule has 4 nitrogen and oxygen atoms in total. The molecule has 0 heterocycles. The lowest BCUT2D eigenvalue weighted by atomic mass is 9.68. The number of hydrogen-bond donors (Lipinski definition) is 2. The summed E-state index contributed by atoms with van der Waals surface area (Å²) in [5.41, 5.74) is 7.99. The molecule has 0 aromatic heterocycles. The Balaban J connectivity index is 1.76. The van der Waals surface area contributed by atoms with E-state index in [1.165, 1.54) is 0 Å². The van der Waals surface area contributed by atoms with E-state index in [-0.39, 0.29) is 12.3 Å². The first-order valence-corrected chi connectivity index (χ1v) is 11.6. The molecule has 35 heavy (non-hydrogen) atoms. The van der Waals surface area contributed by atoms with Crippen molar-refractivity contribution in [3.63, 3.8) is 0 Å². The number of nitrogens with two attached hydrogens (primary N) is 1. The van der Waals surface area contributed by atoms with E-state index < -0.39 is 17.4 Å². The van der Waals surface area contributed by atoms with Crippen LogP contribution in [-0.4, -0.2) is 17.9 Å². The highest BCUT2D eigenvalue weighted by atomic mass is 16.2. The first-order chi connectivity index (χ1) is 17.1. The van der Waals surface area contributed by atoms with Crippen molar-refractivity contribution in [2.45, 2.75) is 17.9 Å². The van der Waals surface area contributed by atoms with Crippen LogP contribution in [0.15, 0.2) is 127 Å². The van der Waals surface area contributed by atoms with E-state index in [0.717, 1.165) is 22.3 Å². The number of carbonyl (C=O) groups is 2. The fraction of sp³-hybridized carbons (Fsp3) is 0.0968. The van der Waals surface area contributed by atoms with Crippen molar-refractivity contribution >= 4 is 17.9 Å². The van der Waals surface area contributed by atoms with Crippen molar-refractivity contribution in [1.29, 1.82) is 0 Å². The van der Waals surface area contributed by atoms with Crippen molar-refractivity contribution in [2.75, 3.05) is 0 Å². The molecule has 0 saturated heterocycles. The molecule has 0 unspecified atom stereocenters. The zero-order valence-electron chi connectivity index (χ0n) is 19.4. The van der Waals surface area contributed by atoms with Gasteiger partial charge in [-0.15, -0.1) is 0 Å². The predicted octanol–water partition coefficient (Wildman–Crippen LogP) is 5.09. The van der Waals surface area contributed by atoms with Crippen LogP contribution in [0.2, 0.25) is 0 Å². The van der Waals surface area contributed by atoms with Gasteiger partial charge in [0.1, 0.15) is 11.5 Å². The van der Waals surface area contributed by atoms with E-state index in [2.05, 4.69) is 5.32 Å². The smallest absolute Gasteiger partial charge is 0.240 e. The van der Waals surface area contributed by atoms with Gasteiger partial charge in [-0.25, -0.2) is 0 Å². The van der Waals surface area contributed by atoms with E-state index in [4.69, 9.17) is 5.73 Å². The summed E-state index contributed by atoms with van der Waals surface area (Å²) < 4.78 is 0. The van der Waals surface area contributed by atoms with Gasteiger partial charge in [-0.2, -0.15) is 0 Å². The van der Waals surface area contributed by atoms with E-state index >= 15 is 0 Å². The fourth-order valence-electron chi connectivity index (χ4n) is 4.37. The van der Waals surface area contributed by atoms with Gasteiger partial charge in [-0.1, -0.05) is 133 Å². The summed E-state index contributed by atoms with van der Waals surface area (Å²) >= 11 is 0. The predicted molar refractivity (Wildman–Crippen MR) is 140 cm³/mol. The summed E-state index contributed by atoms with van der Waals surface area (Å²) in [6, 6.07) is 37.8. The third kappa shape index (κ3) is 5.22. The zero-order valence-corrected chi connectivity index (χ0v) is 19.4. The van der Waals surface area contributed by atoms with Crippen LogP contribution >= 0.6 is 0 Å². The second-order valence-electron chi connectivity index (χ2n) is 8.33. The molecule has 4 aromatic rings. The summed E-state index contributed by atoms with van der Waals surface area (Å²) in [7, 11) is 0. The highest BCUT2D eigenvalue weighted by molar-refractivity contribution is 5.98. The molecule has 0 aliphatic heterocycles. The highest BCUT2D eigenvalue weighted by Gasteiger charge is 2.44. The van der Waals surface area contributed by atoms with Gasteiger partial charge in [-0.3, -0.25) is 9.59 Å². The third-order valence-corrected chi connectivity index (χ3v) is 6.09. The van der Waals surface area contributed by atoms with Crippen molar-refractivity contribution < 1.29 is 9.59 Å². The molecule has 0 spiro atoms. The molecule has 0 aliphatic carbocycles. The number of carbonyl (C=O) groups excluding carboxylic acids is 2. The van der Waals surface area contributed by atoms with Gasteiger partial charge in [0.15, 0.2) is 0 Å². The minimum atomic E-state index is -1.17. The zero-order chi connectivity index (χ0) is 24.5. The summed E-state index contributed by atoms with van der Waals surface area (Å²) in [6.07, 6.45) is 4.06. The van der Waals surface area contributed by atoms with Crippen LogP contribution in [0.5, 0.6) is 0 Å². The quantitative estimate of drug-likeness (QED) is 0.341. The summed E-state index contributed by atoms with van der Waals surface area (Å²) in [6.45, 7) is 0. The molecule has 0 radical (unpaired) electrons. The number of primary amides is 1. The topological polar surface area (TPSA) is 72.2 Å². The van der Waals surface area contributed by atoms with Crippen LogP contribution in [0.1, 0.15) is 28.7 Å². The van der Waals surface area contributed by atoms with Crippen molar-refractivity contribution in [2.24, 2.45) is 5.73 Å². The van der Waals surface area contributed by atoms with E-state index in [0.29, 0.717) is 0 Å². The molecular formula is C31H28N2O2. The minimum Gasteiger partial charge on any atom is -0.368 e. The van der Waals surface area contributed by atoms with E-state index in [1.54, 1.807) is 0 Å². The van der Waals surface area contributed by atoms with Gasteiger partial charge in [0.2, 0.25) is 11.8 Å². The second-order valence-corrected chi connectivity index (χ2v) is 8.33. The van der Waals surface area contributed by atoms with Crippen molar-refractivity contribution in [3.05, 3.63) is 150 Å². The lowest BCUT2D eigenvalue weighted by Crippen LogP contribution is -2.53. The Bertz CT molecular complexity index is 1170. The Hall–Kier alpha value is -4.44. The largest absolute Gasteiger partial charge is 0.368 e. The summed E-state index contributed by atoms with van der Waals surface area (Å²) in [5, 5.41) is 2.97. The van der Waals surface area contributed by atoms with Crippen LogP contribution in [0, 0.1) is 0 Å². The second kappa shape index (κ2) is 11.1. The lowest BCUT2D eigenvalue weighted by molar-refractivity contribution is -0.129. The van der Waals surface area contributed by atoms with Gasteiger partial charge >= 0.3 is 0 Å². The molecule has 4 heteroatoms. The van der Waals surface area contributed by atoms with E-state index in [1.807, 2.05) is 133 Å². The average molecular weight is 461 g/mol. The molecule has 1 atom stereocenters. The van der Waals surface area contributed by atoms with Gasteiger partial charge < -0.3 is 11.1 Å². The van der Waals surface area contributed by atoms with Gasteiger partial charge in [0.25, 0.3) is 0 Å². The first kappa shape index (κ1) is 23.7. The summed E-state index contributed by atoms with van der Waals surface area (Å²) in [5.74, 6) is -0.892. The minimum absolute atomic E-state index is 0.282. The maximum absolute atomic E-state index is 14.3. The van der Waals surface area contributed by atoms with Crippen LogP contribution in [0.25, 0.3) is 6.08 Å². The first-order valence-electron chi connectivity index (χ1n) is 11.6. The molecule has 0 aliphatic rings. The fourth-order valence-corrected chi connectivity index (χ4v) is 4.37. The van der Waals surface area contributed by atoms with Gasteiger partial charge in [-0.05, 0) is 28.7 Å². The molecular weight excluding hydrogens is 432 g/mol. The molecule has 0 saturated carbocycles. The monoisotopic (exact) mass is 460 g/mol. The van der Waals surface area contributed by atoms with Crippen LogP contribution in [-0.2, 0) is 15.0 Å².